The highest BCUT2D eigenvalue weighted by Gasteiger charge is 1.46. The fourth-order valence-corrected chi connectivity index (χ4v) is 0. The Hall–Kier alpha value is 0.520. The lowest BCUT2D eigenvalue weighted by molar-refractivity contribution is 2.20. The molecule has 0 radical (unpaired) electrons. The highest BCUT2D eigenvalue weighted by molar-refractivity contribution is 7.81. The zero-order valence-corrected chi connectivity index (χ0v) is 4.13. The Morgan fingerprint density at radius 1 is 2.00 bits per heavy atom. The van der Waals surface area contributed by atoms with E-state index in [2.05, 4.69) is 21.5 Å². The Morgan fingerprint density at radius 2 is 2.25 bits per heavy atom. The summed E-state index contributed by atoms with van der Waals surface area (Å²) in [6, 6.07) is 0. The highest BCUT2D eigenvalue weighted by atomic mass is 32.1. The van der Waals surface area contributed by atoms with Crippen LogP contribution in [0.25, 0.3) is 0 Å². The van der Waals surface area contributed by atoms with E-state index in [0.717, 1.165) is 5.75 Å². The van der Waals surface area contributed by atoms with Gasteiger partial charge in [0.25, 0.3) is 0 Å². The van der Waals surface area contributed by atoms with Crippen molar-refractivity contribution in [3.8, 4) is 0 Å². The van der Waals surface area contributed by atoms with Gasteiger partial charge in [-0.2, -0.15) is 12.6 Å². The number of hydrogen-bond acceptors (Lipinski definition) is 1. The summed E-state index contributed by atoms with van der Waals surface area (Å²) in [6.45, 7) is 0. The van der Waals surface area contributed by atoms with E-state index in [1.54, 1.807) is 5.80 Å². The number of hydrogen-bond donors (Lipinski definition) is 1. The van der Waals surface area contributed by atoms with Gasteiger partial charge < -0.3 is 0 Å². The van der Waals surface area contributed by atoms with Crippen molar-refractivity contribution < 1.29 is 0 Å². The molecule has 0 unspecified atom stereocenters. The van der Waals surface area contributed by atoms with E-state index in [1.165, 1.54) is 0 Å². The monoisotopic (exact) mass is 92.0 g/mol. The van der Waals surface area contributed by atoms with Gasteiger partial charge in [0.15, 0.2) is 0 Å². The average Bonchev–Trinajstić information content (AvgIpc) is 1.37. The molecular weight excluding hydrogens is 87.1 g/mol. The second-order valence-corrected chi connectivity index (χ2v) is 1.16. The van der Waals surface area contributed by atoms with Gasteiger partial charge in [0, 0.05) is 5.75 Å². The highest BCUT2D eigenvalue weighted by Crippen LogP contribution is 1.63. The topological polar surface area (TPSA) is 0 Å². The summed E-state index contributed by atoms with van der Waals surface area (Å²) >= 11 is 3.82. The molecule has 0 nitrogen and oxygen atoms in total. The Morgan fingerprint density at radius 3 is 2.25 bits per heavy atom. The second kappa shape index (κ2) is 3.52. The van der Waals surface area contributed by atoms with E-state index < -0.39 is 0 Å². The van der Waals surface area contributed by atoms with Crippen LogP contribution in [0.4, 0.5) is 0 Å². The molecule has 0 atom stereocenters. The van der Waals surface area contributed by atoms with Crippen molar-refractivity contribution in [3.05, 3.63) is 0 Å². The second-order valence-electron chi connectivity index (χ2n) is 0.387. The lowest BCUT2D eigenvalue weighted by Gasteiger charge is -1.57. The molecule has 0 rings (SSSR count). The molecule has 0 bridgehead atoms. The minimum atomic E-state index is 0.802. The molecule has 4 heavy (non-hydrogen) atoms. The molecule has 2 heteroatoms. The van der Waals surface area contributed by atoms with Crippen LogP contribution in [0.2, 0.25) is 0 Å². The van der Waals surface area contributed by atoms with Crippen molar-refractivity contribution in [1.82, 2.24) is 0 Å². The molecule has 24 valence electrons. The third-order valence-electron chi connectivity index (χ3n) is 0.0913. The first-order chi connectivity index (χ1) is 1.91. The standard InChI is InChI=1S/C2H5PS/c3-1-2-4/h1,3-4H,2H2. The maximum atomic E-state index is 3.82. The van der Waals surface area contributed by atoms with Gasteiger partial charge in [-0.05, 0) is 0 Å². The smallest absolute Gasteiger partial charge is 0.0123 e. The SMILES string of the molecule is P=CCS. The number of rotatable bonds is 1. The van der Waals surface area contributed by atoms with Gasteiger partial charge in [-0.3, -0.25) is 0 Å². The maximum Gasteiger partial charge on any atom is 0.0123 e. The maximum absolute atomic E-state index is 3.82. The minimum Gasteiger partial charge on any atom is -0.175 e. The van der Waals surface area contributed by atoms with Crippen LogP contribution >= 0.6 is 21.5 Å². The van der Waals surface area contributed by atoms with Gasteiger partial charge in [-0.25, -0.2) is 0 Å². The van der Waals surface area contributed by atoms with Gasteiger partial charge in [0.05, 0.1) is 0 Å². The van der Waals surface area contributed by atoms with E-state index in [9.17, 15) is 0 Å². The predicted molar refractivity (Wildman–Crippen MR) is 28.2 cm³/mol. The molecule has 0 fully saturated rings. The van der Waals surface area contributed by atoms with Crippen LogP contribution in [0.5, 0.6) is 0 Å². The van der Waals surface area contributed by atoms with Crippen LogP contribution in [-0.4, -0.2) is 11.5 Å². The summed E-state index contributed by atoms with van der Waals surface area (Å²) in [7, 11) is 3.09. The fourth-order valence-electron chi connectivity index (χ4n) is 0. The van der Waals surface area contributed by atoms with Crippen molar-refractivity contribution in [3.63, 3.8) is 0 Å². The Balaban J connectivity index is 2.30. The molecular formula is C2H5PS. The molecule has 0 aromatic rings. The van der Waals surface area contributed by atoms with Crippen LogP contribution in [0, 0.1) is 0 Å². The number of thiol groups is 1. The normalized spacial score (nSPS) is 6.25. The summed E-state index contributed by atoms with van der Waals surface area (Å²) in [6.07, 6.45) is 0. The zero-order chi connectivity index (χ0) is 3.41. The summed E-state index contributed by atoms with van der Waals surface area (Å²) in [5.41, 5.74) is 0. The van der Waals surface area contributed by atoms with Crippen LogP contribution in [0.3, 0.4) is 0 Å². The molecule has 0 N–H and O–H groups in total. The van der Waals surface area contributed by atoms with Crippen molar-refractivity contribution in [2.45, 2.75) is 0 Å². The largest absolute Gasteiger partial charge is 0.175 e. The van der Waals surface area contributed by atoms with Crippen molar-refractivity contribution in [2.24, 2.45) is 0 Å². The molecule has 0 heterocycles. The Kier molecular flexibility index (Phi) is 3.98. The molecule has 0 aliphatic heterocycles. The fraction of sp³-hybridized carbons (Fsp3) is 0.500. The Bertz CT molecular complexity index is 20.0. The first-order valence-electron chi connectivity index (χ1n) is 1.01. The molecule has 0 amide bonds. The first kappa shape index (κ1) is 4.52. The van der Waals surface area contributed by atoms with Gasteiger partial charge >= 0.3 is 0 Å². The molecule has 0 aromatic carbocycles. The molecule has 0 saturated heterocycles. The molecule has 0 aliphatic rings. The first-order valence-corrected chi connectivity index (χ1v) is 2.22. The van der Waals surface area contributed by atoms with Crippen molar-refractivity contribution in [1.29, 1.82) is 0 Å². The summed E-state index contributed by atoms with van der Waals surface area (Å²) in [5, 5.41) is 0. The van der Waals surface area contributed by atoms with E-state index >= 15 is 0 Å². The summed E-state index contributed by atoms with van der Waals surface area (Å²) in [5.74, 6) is 2.60. The third-order valence-corrected chi connectivity index (χ3v) is 0.822. The Labute approximate surface area is 33.8 Å². The molecule has 0 spiro atoms. The van der Waals surface area contributed by atoms with Gasteiger partial charge in [-0.15, -0.1) is 8.86 Å². The summed E-state index contributed by atoms with van der Waals surface area (Å²) < 4.78 is 0. The molecule has 0 aliphatic carbocycles. The average molecular weight is 92.1 g/mol. The van der Waals surface area contributed by atoms with E-state index in [-0.39, 0.29) is 0 Å². The third kappa shape index (κ3) is 2.52. The van der Waals surface area contributed by atoms with Gasteiger partial charge in [-0.1, -0.05) is 5.80 Å². The molecule has 0 aromatic heterocycles. The van der Waals surface area contributed by atoms with Crippen LogP contribution in [-0.2, 0) is 0 Å². The van der Waals surface area contributed by atoms with Crippen LogP contribution in [0.15, 0.2) is 0 Å². The minimum absolute atomic E-state index is 0.802. The van der Waals surface area contributed by atoms with Gasteiger partial charge in [0.2, 0.25) is 0 Å². The van der Waals surface area contributed by atoms with Crippen LogP contribution in [0.1, 0.15) is 0 Å². The van der Waals surface area contributed by atoms with E-state index in [1.807, 2.05) is 0 Å². The van der Waals surface area contributed by atoms with Crippen molar-refractivity contribution in [2.75, 3.05) is 5.75 Å². The van der Waals surface area contributed by atoms with Gasteiger partial charge in [0.1, 0.15) is 0 Å². The quantitative estimate of drug-likeness (QED) is 0.360. The van der Waals surface area contributed by atoms with Crippen molar-refractivity contribution >= 4 is 27.3 Å². The lowest BCUT2D eigenvalue weighted by atomic mass is 11.0. The van der Waals surface area contributed by atoms with E-state index in [0.29, 0.717) is 0 Å². The zero-order valence-electron chi connectivity index (χ0n) is 2.23. The predicted octanol–water partition coefficient (Wildman–Crippen LogP) is 0.861. The summed E-state index contributed by atoms with van der Waals surface area (Å²) in [4.78, 5) is 0. The lowest BCUT2D eigenvalue weighted by Crippen LogP contribution is -1.57. The molecule has 0 saturated carbocycles. The van der Waals surface area contributed by atoms with Crippen LogP contribution < -0.4 is 0 Å². The van der Waals surface area contributed by atoms with E-state index in [4.69, 9.17) is 0 Å².